The lowest BCUT2D eigenvalue weighted by molar-refractivity contribution is 0.102. The number of carbonyl (C=O) groups excluding carboxylic acids is 1. The maximum Gasteiger partial charge on any atom is 0.257 e. The first-order valence-corrected chi connectivity index (χ1v) is 8.19. The van der Waals surface area contributed by atoms with Gasteiger partial charge >= 0.3 is 0 Å². The van der Waals surface area contributed by atoms with Crippen molar-refractivity contribution in [2.24, 2.45) is 0 Å². The van der Waals surface area contributed by atoms with Crippen molar-refractivity contribution < 1.29 is 9.53 Å². The summed E-state index contributed by atoms with van der Waals surface area (Å²) in [5.41, 5.74) is 2.33. The van der Waals surface area contributed by atoms with E-state index in [1.165, 1.54) is 11.3 Å². The second-order valence-electron chi connectivity index (χ2n) is 5.04. The van der Waals surface area contributed by atoms with Crippen LogP contribution in [-0.2, 0) is 6.61 Å². The normalized spacial score (nSPS) is 12.0. The van der Waals surface area contributed by atoms with Crippen LogP contribution in [0.3, 0.4) is 0 Å². The van der Waals surface area contributed by atoms with E-state index < -0.39 is 0 Å². The molecule has 1 aliphatic heterocycles. The number of hydrogen-bond donors (Lipinski definition) is 1. The third-order valence-corrected chi connectivity index (χ3v) is 4.68. The zero-order chi connectivity index (χ0) is 15.8. The minimum absolute atomic E-state index is 0.229. The van der Waals surface area contributed by atoms with E-state index in [0.29, 0.717) is 22.3 Å². The van der Waals surface area contributed by atoms with Gasteiger partial charge in [0.15, 0.2) is 5.13 Å². The van der Waals surface area contributed by atoms with Gasteiger partial charge < -0.3 is 4.74 Å². The molecular formula is C17H11ClN2O2S. The number of hydrogen-bond acceptors (Lipinski definition) is 4. The Morgan fingerprint density at radius 3 is 2.96 bits per heavy atom. The molecule has 1 amide bonds. The molecule has 0 fully saturated rings. The van der Waals surface area contributed by atoms with E-state index in [1.54, 1.807) is 24.3 Å². The van der Waals surface area contributed by atoms with Crippen LogP contribution in [0.1, 0.15) is 15.2 Å². The molecule has 2 heterocycles. The molecule has 0 spiro atoms. The smallest absolute Gasteiger partial charge is 0.257 e. The van der Waals surface area contributed by atoms with Crippen molar-refractivity contribution in [3.05, 3.63) is 64.0 Å². The van der Waals surface area contributed by atoms with Crippen molar-refractivity contribution in [2.75, 3.05) is 5.32 Å². The van der Waals surface area contributed by atoms with Crippen LogP contribution in [0.15, 0.2) is 48.5 Å². The van der Waals surface area contributed by atoms with Gasteiger partial charge in [0.2, 0.25) is 0 Å². The van der Waals surface area contributed by atoms with Crippen molar-refractivity contribution in [2.45, 2.75) is 6.61 Å². The summed E-state index contributed by atoms with van der Waals surface area (Å²) in [4.78, 5) is 17.8. The SMILES string of the molecule is O=C(Nc1nc2c(s1)COc1ccccc1-2)c1cccc(Cl)c1. The first kappa shape index (κ1) is 14.2. The number of para-hydroxylation sites is 1. The number of carbonyl (C=O) groups is 1. The Morgan fingerprint density at radius 1 is 1.22 bits per heavy atom. The van der Waals surface area contributed by atoms with Crippen LogP contribution in [0.25, 0.3) is 11.3 Å². The molecule has 4 nitrogen and oxygen atoms in total. The van der Waals surface area contributed by atoms with Crippen LogP contribution in [0, 0.1) is 0 Å². The molecule has 6 heteroatoms. The van der Waals surface area contributed by atoms with E-state index in [2.05, 4.69) is 10.3 Å². The van der Waals surface area contributed by atoms with Crippen molar-refractivity contribution in [1.29, 1.82) is 0 Å². The molecule has 0 atom stereocenters. The number of halogens is 1. The van der Waals surface area contributed by atoms with Gasteiger partial charge in [-0.2, -0.15) is 0 Å². The lowest BCUT2D eigenvalue weighted by Gasteiger charge is -2.15. The Labute approximate surface area is 141 Å². The molecule has 0 unspecified atom stereocenters. The lowest BCUT2D eigenvalue weighted by atomic mass is 10.1. The molecule has 114 valence electrons. The Hall–Kier alpha value is -2.37. The number of ether oxygens (including phenoxy) is 1. The molecule has 4 rings (SSSR count). The second kappa shape index (κ2) is 5.68. The predicted octanol–water partition coefficient (Wildman–Crippen LogP) is 4.61. The predicted molar refractivity (Wildman–Crippen MR) is 91.3 cm³/mol. The van der Waals surface area contributed by atoms with Crippen LogP contribution in [0.4, 0.5) is 5.13 Å². The molecule has 0 saturated heterocycles. The third-order valence-electron chi connectivity index (χ3n) is 3.51. The number of anilines is 1. The number of rotatable bonds is 2. The van der Waals surface area contributed by atoms with Gasteiger partial charge in [0.05, 0.1) is 10.6 Å². The van der Waals surface area contributed by atoms with Crippen molar-refractivity contribution in [1.82, 2.24) is 4.98 Å². The summed E-state index contributed by atoms with van der Waals surface area (Å²) in [5, 5.41) is 3.91. The Kier molecular flexibility index (Phi) is 3.52. The maximum atomic E-state index is 12.3. The summed E-state index contributed by atoms with van der Waals surface area (Å²) in [5.74, 6) is 0.589. The van der Waals surface area contributed by atoms with Gasteiger partial charge in [-0.25, -0.2) is 4.98 Å². The topological polar surface area (TPSA) is 51.2 Å². The molecule has 1 aromatic heterocycles. The first-order chi connectivity index (χ1) is 11.2. The summed E-state index contributed by atoms with van der Waals surface area (Å²) < 4.78 is 5.71. The Morgan fingerprint density at radius 2 is 2.09 bits per heavy atom. The van der Waals surface area contributed by atoms with Gasteiger partial charge in [0.25, 0.3) is 5.91 Å². The molecule has 23 heavy (non-hydrogen) atoms. The number of benzene rings is 2. The Balaban J connectivity index is 1.63. The molecule has 1 N–H and O–H groups in total. The number of nitrogens with one attached hydrogen (secondary N) is 1. The first-order valence-electron chi connectivity index (χ1n) is 6.99. The summed E-state index contributed by atoms with van der Waals surface area (Å²) in [6, 6.07) is 14.6. The highest BCUT2D eigenvalue weighted by molar-refractivity contribution is 7.16. The maximum absolute atomic E-state index is 12.3. The van der Waals surface area contributed by atoms with Crippen LogP contribution < -0.4 is 10.1 Å². The van der Waals surface area contributed by atoms with Crippen molar-refractivity contribution in [3.63, 3.8) is 0 Å². The molecular weight excluding hydrogens is 332 g/mol. The average molecular weight is 343 g/mol. The molecule has 0 radical (unpaired) electrons. The number of thiazole rings is 1. The lowest BCUT2D eigenvalue weighted by Crippen LogP contribution is -2.11. The van der Waals surface area contributed by atoms with Gasteiger partial charge in [0, 0.05) is 16.1 Å². The average Bonchev–Trinajstić information content (AvgIpc) is 2.97. The van der Waals surface area contributed by atoms with E-state index in [9.17, 15) is 4.79 Å². The molecule has 2 aromatic carbocycles. The quantitative estimate of drug-likeness (QED) is 0.740. The highest BCUT2D eigenvalue weighted by Gasteiger charge is 2.22. The van der Waals surface area contributed by atoms with Gasteiger partial charge in [0.1, 0.15) is 12.4 Å². The molecule has 0 aliphatic carbocycles. The van der Waals surface area contributed by atoms with Crippen LogP contribution >= 0.6 is 22.9 Å². The van der Waals surface area contributed by atoms with E-state index in [0.717, 1.165) is 21.9 Å². The van der Waals surface area contributed by atoms with Gasteiger partial charge in [-0.05, 0) is 30.3 Å². The number of aromatic nitrogens is 1. The zero-order valence-electron chi connectivity index (χ0n) is 11.9. The fourth-order valence-electron chi connectivity index (χ4n) is 2.44. The second-order valence-corrected chi connectivity index (χ2v) is 6.56. The Bertz CT molecular complexity index is 907. The number of nitrogens with zero attached hydrogens (tertiary/aromatic N) is 1. The van der Waals surface area contributed by atoms with E-state index in [4.69, 9.17) is 16.3 Å². The molecule has 3 aromatic rings. The number of amides is 1. The van der Waals surface area contributed by atoms with Crippen molar-refractivity contribution in [3.8, 4) is 17.0 Å². The van der Waals surface area contributed by atoms with Gasteiger partial charge in [-0.15, -0.1) is 0 Å². The highest BCUT2D eigenvalue weighted by Crippen LogP contribution is 2.40. The zero-order valence-corrected chi connectivity index (χ0v) is 13.4. The van der Waals surface area contributed by atoms with E-state index >= 15 is 0 Å². The van der Waals surface area contributed by atoms with Gasteiger partial charge in [-0.3, -0.25) is 10.1 Å². The summed E-state index contributed by atoms with van der Waals surface area (Å²) in [6.45, 7) is 0.469. The van der Waals surface area contributed by atoms with E-state index in [-0.39, 0.29) is 5.91 Å². The minimum Gasteiger partial charge on any atom is -0.487 e. The van der Waals surface area contributed by atoms with Crippen LogP contribution in [0.5, 0.6) is 5.75 Å². The van der Waals surface area contributed by atoms with Gasteiger partial charge in [-0.1, -0.05) is 41.1 Å². The van der Waals surface area contributed by atoms with Crippen molar-refractivity contribution >= 4 is 34.0 Å². The molecule has 1 aliphatic rings. The monoisotopic (exact) mass is 342 g/mol. The highest BCUT2D eigenvalue weighted by atomic mass is 35.5. The molecule has 0 saturated carbocycles. The standard InChI is InChI=1S/C17H11ClN2O2S/c18-11-5-3-4-10(8-11)16(21)20-17-19-15-12-6-1-2-7-13(12)22-9-14(15)23-17/h1-8H,9H2,(H,19,20,21). The van der Waals surface area contributed by atoms with Crippen LogP contribution in [0.2, 0.25) is 5.02 Å². The van der Waals surface area contributed by atoms with E-state index in [1.807, 2.05) is 24.3 Å². The summed E-state index contributed by atoms with van der Waals surface area (Å²) in [7, 11) is 0. The fraction of sp³-hybridized carbons (Fsp3) is 0.0588. The van der Waals surface area contributed by atoms with Crippen LogP contribution in [-0.4, -0.2) is 10.9 Å². The summed E-state index contributed by atoms with van der Waals surface area (Å²) in [6.07, 6.45) is 0. The number of fused-ring (bicyclic) bond motifs is 3. The summed E-state index contributed by atoms with van der Waals surface area (Å²) >= 11 is 7.35. The minimum atomic E-state index is -0.229. The molecule has 0 bridgehead atoms. The third kappa shape index (κ3) is 2.69. The largest absolute Gasteiger partial charge is 0.487 e. The fourth-order valence-corrected chi connectivity index (χ4v) is 3.52.